The number of anilines is 2. The summed E-state index contributed by atoms with van der Waals surface area (Å²) < 4.78 is 41.5. The van der Waals surface area contributed by atoms with E-state index in [4.69, 9.17) is 11.5 Å². The quantitative estimate of drug-likeness (QED) is 0.692. The lowest BCUT2D eigenvalue weighted by Gasteiger charge is -2.36. The van der Waals surface area contributed by atoms with Crippen LogP contribution in [-0.2, 0) is 24.4 Å². The molecule has 2 unspecified atom stereocenters. The van der Waals surface area contributed by atoms with Gasteiger partial charge in [-0.25, -0.2) is 0 Å². The molecule has 6 nitrogen and oxygen atoms in total. The van der Waals surface area contributed by atoms with E-state index in [2.05, 4.69) is 10.4 Å². The Labute approximate surface area is 160 Å². The number of carbonyl (C=O) groups excluding carboxylic acids is 1. The summed E-state index contributed by atoms with van der Waals surface area (Å²) in [7, 11) is 0. The number of alkyl halides is 3. The minimum Gasteiger partial charge on any atom is -0.384 e. The Kier molecular flexibility index (Phi) is 4.18. The highest BCUT2D eigenvalue weighted by Gasteiger charge is 2.45. The van der Waals surface area contributed by atoms with Crippen molar-refractivity contribution in [2.24, 2.45) is 5.73 Å². The van der Waals surface area contributed by atoms with Gasteiger partial charge in [-0.1, -0.05) is 12.1 Å². The molecule has 0 bridgehead atoms. The van der Waals surface area contributed by atoms with Crippen molar-refractivity contribution in [2.75, 3.05) is 17.6 Å². The number of nitrogens with two attached hydrogens (primary N) is 2. The van der Waals surface area contributed by atoms with E-state index < -0.39 is 23.1 Å². The van der Waals surface area contributed by atoms with Gasteiger partial charge in [-0.2, -0.15) is 23.0 Å². The number of fused-ring (bicyclic) bond motifs is 2. The molecule has 1 aliphatic carbocycles. The first kappa shape index (κ1) is 18.8. The van der Waals surface area contributed by atoms with Gasteiger partial charge < -0.3 is 16.8 Å². The molecule has 150 valence electrons. The van der Waals surface area contributed by atoms with Crippen molar-refractivity contribution in [1.82, 2.24) is 9.78 Å². The summed E-state index contributed by atoms with van der Waals surface area (Å²) in [5, 5.41) is 7.20. The molecular formula is C19H22F3N5O. The largest absolute Gasteiger partial charge is 0.418 e. The molecule has 0 fully saturated rings. The molecule has 1 aromatic heterocycles. The molecule has 28 heavy (non-hydrogen) atoms. The van der Waals surface area contributed by atoms with Gasteiger partial charge >= 0.3 is 6.18 Å². The minimum atomic E-state index is -4.51. The zero-order valence-corrected chi connectivity index (χ0v) is 15.4. The third kappa shape index (κ3) is 2.76. The maximum atomic E-state index is 13.4. The number of rotatable bonds is 1. The topological polar surface area (TPSA) is 99.0 Å². The van der Waals surface area contributed by atoms with Crippen LogP contribution in [0.5, 0.6) is 0 Å². The van der Waals surface area contributed by atoms with E-state index in [1.54, 1.807) is 13.0 Å². The van der Waals surface area contributed by atoms with E-state index in [0.29, 0.717) is 30.5 Å². The predicted molar refractivity (Wildman–Crippen MR) is 99.2 cm³/mol. The molecule has 9 heteroatoms. The number of nitrogen functional groups attached to an aromatic ring is 1. The molecule has 0 amide bonds. The van der Waals surface area contributed by atoms with E-state index >= 15 is 0 Å². The molecule has 2 heterocycles. The number of nitrogens with zero attached hydrogens (tertiary/aromatic N) is 2. The van der Waals surface area contributed by atoms with E-state index in [-0.39, 0.29) is 24.1 Å². The normalized spacial score (nSPS) is 24.2. The molecule has 1 aliphatic heterocycles. The van der Waals surface area contributed by atoms with Gasteiger partial charge in [-0.15, -0.1) is 0 Å². The first-order valence-electron chi connectivity index (χ1n) is 9.24. The van der Waals surface area contributed by atoms with Gasteiger partial charge in [0.25, 0.3) is 5.91 Å². The monoisotopic (exact) mass is 393 g/mol. The molecule has 0 radical (unpaired) electrons. The number of aromatic nitrogens is 2. The number of benzene rings is 1. The minimum absolute atomic E-state index is 0.0325. The van der Waals surface area contributed by atoms with Crippen LogP contribution < -0.4 is 16.8 Å². The van der Waals surface area contributed by atoms with E-state index in [0.717, 1.165) is 22.7 Å². The molecule has 1 aromatic carbocycles. The maximum absolute atomic E-state index is 13.4. The lowest BCUT2D eigenvalue weighted by molar-refractivity contribution is -0.137. The Morgan fingerprint density at radius 1 is 1.39 bits per heavy atom. The summed E-state index contributed by atoms with van der Waals surface area (Å²) in [6.07, 6.45) is -2.24. The maximum Gasteiger partial charge on any atom is 0.418 e. The van der Waals surface area contributed by atoms with Gasteiger partial charge in [0.1, 0.15) is 5.82 Å². The van der Waals surface area contributed by atoms with Crippen molar-refractivity contribution in [3.63, 3.8) is 0 Å². The summed E-state index contributed by atoms with van der Waals surface area (Å²) in [5.74, 6) is -0.157. The highest BCUT2D eigenvalue weighted by molar-refractivity contribution is 5.94. The van der Waals surface area contributed by atoms with Gasteiger partial charge in [-0.05, 0) is 37.8 Å². The van der Waals surface area contributed by atoms with Crippen molar-refractivity contribution in [3.05, 3.63) is 40.6 Å². The number of carbonyl (C=O) groups is 1. The second kappa shape index (κ2) is 6.23. The third-order valence-corrected chi connectivity index (χ3v) is 5.88. The van der Waals surface area contributed by atoms with E-state index in [1.807, 2.05) is 0 Å². The molecule has 2 atom stereocenters. The number of halogens is 3. The summed E-state index contributed by atoms with van der Waals surface area (Å²) in [5.41, 5.74) is 12.0. The highest BCUT2D eigenvalue weighted by Crippen LogP contribution is 2.45. The van der Waals surface area contributed by atoms with Crippen molar-refractivity contribution in [2.45, 2.75) is 50.2 Å². The molecule has 0 saturated carbocycles. The number of para-hydroxylation sites is 1. The van der Waals surface area contributed by atoms with Crippen LogP contribution in [0.25, 0.3) is 0 Å². The third-order valence-electron chi connectivity index (χ3n) is 5.88. The molecule has 0 spiro atoms. The SMILES string of the molecule is CC1(C(=O)n2nc3c(c2N)CCC(N)C3)CCNc2c(C(F)(F)F)cccc21. The second-order valence-corrected chi connectivity index (χ2v) is 7.77. The summed E-state index contributed by atoms with van der Waals surface area (Å²) in [4.78, 5) is 13.4. The first-order chi connectivity index (χ1) is 13.1. The van der Waals surface area contributed by atoms with Crippen LogP contribution in [0.15, 0.2) is 18.2 Å². The molecule has 0 saturated heterocycles. The van der Waals surface area contributed by atoms with Gasteiger partial charge in [0.15, 0.2) is 0 Å². The predicted octanol–water partition coefficient (Wildman–Crippen LogP) is 2.71. The van der Waals surface area contributed by atoms with Crippen molar-refractivity contribution in [1.29, 1.82) is 0 Å². The molecule has 4 rings (SSSR count). The zero-order chi connectivity index (χ0) is 20.3. The van der Waals surface area contributed by atoms with Crippen molar-refractivity contribution in [3.8, 4) is 0 Å². The van der Waals surface area contributed by atoms with Crippen molar-refractivity contribution >= 4 is 17.4 Å². The van der Waals surface area contributed by atoms with Crippen molar-refractivity contribution < 1.29 is 18.0 Å². The van der Waals surface area contributed by atoms with Crippen LogP contribution in [0.4, 0.5) is 24.7 Å². The molecule has 2 aliphatic rings. The molecule has 2 aromatic rings. The van der Waals surface area contributed by atoms with Crippen LogP contribution >= 0.6 is 0 Å². The number of hydrogen-bond acceptors (Lipinski definition) is 5. The van der Waals surface area contributed by atoms with E-state index in [9.17, 15) is 18.0 Å². The van der Waals surface area contributed by atoms with E-state index in [1.165, 1.54) is 6.07 Å². The van der Waals surface area contributed by atoms with Crippen LogP contribution in [-0.4, -0.2) is 28.3 Å². The van der Waals surface area contributed by atoms with Crippen LogP contribution in [0.2, 0.25) is 0 Å². The molecule has 5 N–H and O–H groups in total. The summed E-state index contributed by atoms with van der Waals surface area (Å²) in [6.45, 7) is 1.90. The van der Waals surface area contributed by atoms with Gasteiger partial charge in [0.05, 0.1) is 22.4 Å². The smallest absolute Gasteiger partial charge is 0.384 e. The van der Waals surface area contributed by atoms with Crippen LogP contribution in [0.3, 0.4) is 0 Å². The Bertz CT molecular complexity index is 952. The fraction of sp³-hybridized carbons (Fsp3) is 0.474. The Morgan fingerprint density at radius 2 is 2.14 bits per heavy atom. The fourth-order valence-electron chi connectivity index (χ4n) is 4.25. The lowest BCUT2D eigenvalue weighted by Crippen LogP contribution is -2.43. The highest BCUT2D eigenvalue weighted by atomic mass is 19.4. The standard InChI is InChI=1S/C19H22F3N5O/c1-18(7-8-25-15-12(18)3-2-4-13(15)19(20,21)22)17(28)27-16(24)11-6-5-10(23)9-14(11)26-27/h2-4,10,25H,5-9,23-24H2,1H3. The van der Waals surface area contributed by atoms with Crippen LogP contribution in [0.1, 0.15) is 46.9 Å². The zero-order valence-electron chi connectivity index (χ0n) is 15.4. The fourth-order valence-corrected chi connectivity index (χ4v) is 4.25. The van der Waals surface area contributed by atoms with Gasteiger partial charge in [-0.3, -0.25) is 4.79 Å². The number of hydrogen-bond donors (Lipinski definition) is 3. The number of nitrogens with one attached hydrogen (secondary N) is 1. The molecular weight excluding hydrogens is 371 g/mol. The Balaban J connectivity index is 1.80. The van der Waals surface area contributed by atoms with Gasteiger partial charge in [0, 0.05) is 24.6 Å². The lowest BCUT2D eigenvalue weighted by atomic mass is 9.74. The summed E-state index contributed by atoms with van der Waals surface area (Å²) in [6, 6.07) is 3.88. The summed E-state index contributed by atoms with van der Waals surface area (Å²) >= 11 is 0. The second-order valence-electron chi connectivity index (χ2n) is 7.77. The average Bonchev–Trinajstić information content (AvgIpc) is 2.96. The average molecular weight is 393 g/mol. The Morgan fingerprint density at radius 3 is 2.86 bits per heavy atom. The van der Waals surface area contributed by atoms with Crippen LogP contribution in [0, 0.1) is 0 Å². The Hall–Kier alpha value is -2.55. The van der Waals surface area contributed by atoms with Gasteiger partial charge in [0.2, 0.25) is 0 Å². The first-order valence-corrected chi connectivity index (χ1v) is 9.24.